The average Bonchev–Trinajstić information content (AvgIpc) is 2.98. The van der Waals surface area contributed by atoms with Crippen molar-refractivity contribution in [2.45, 2.75) is 25.0 Å². The number of rotatable bonds is 2. The minimum Gasteiger partial charge on any atom is -0.394 e. The number of H-pyrrole nitrogens is 1. The molecule has 1 aliphatic heterocycles. The van der Waals surface area contributed by atoms with Crippen LogP contribution in [0.5, 0.6) is 0 Å². The van der Waals surface area contributed by atoms with Crippen LogP contribution in [0.3, 0.4) is 0 Å². The number of aromatic nitrogens is 3. The fourth-order valence-corrected chi connectivity index (χ4v) is 2.42. The van der Waals surface area contributed by atoms with Gasteiger partial charge in [-0.2, -0.15) is 0 Å². The summed E-state index contributed by atoms with van der Waals surface area (Å²) in [4.78, 5) is 11.3. The highest BCUT2D eigenvalue weighted by Gasteiger charge is 2.28. The van der Waals surface area contributed by atoms with Crippen molar-refractivity contribution in [3.05, 3.63) is 23.2 Å². The average molecular weight is 254 g/mol. The van der Waals surface area contributed by atoms with Gasteiger partial charge in [-0.15, -0.1) is 0 Å². The highest BCUT2D eigenvalue weighted by Crippen LogP contribution is 2.36. The maximum atomic E-state index is 9.06. The Morgan fingerprint density at radius 1 is 1.47 bits per heavy atom. The van der Waals surface area contributed by atoms with E-state index in [0.717, 1.165) is 29.4 Å². The molecule has 2 atom stereocenters. The van der Waals surface area contributed by atoms with Crippen LogP contribution < -0.4 is 0 Å². The third-order valence-electron chi connectivity index (χ3n) is 3.09. The maximum absolute atomic E-state index is 9.06. The molecule has 2 aromatic heterocycles. The maximum Gasteiger partial charge on any atom is 0.154 e. The van der Waals surface area contributed by atoms with Crippen LogP contribution in [-0.4, -0.2) is 32.8 Å². The molecule has 0 radical (unpaired) electrons. The van der Waals surface area contributed by atoms with E-state index in [1.54, 1.807) is 12.5 Å². The minimum absolute atomic E-state index is 0.0530. The molecule has 3 heterocycles. The molecular formula is C11H12ClN3O2. The first kappa shape index (κ1) is 11.0. The second-order valence-electron chi connectivity index (χ2n) is 4.14. The molecule has 1 aliphatic rings. The molecule has 90 valence electrons. The molecule has 2 aromatic rings. The van der Waals surface area contributed by atoms with Gasteiger partial charge >= 0.3 is 0 Å². The zero-order chi connectivity index (χ0) is 11.8. The van der Waals surface area contributed by atoms with E-state index < -0.39 is 0 Å². The van der Waals surface area contributed by atoms with Gasteiger partial charge in [-0.1, -0.05) is 11.6 Å². The van der Waals surface area contributed by atoms with Crippen molar-refractivity contribution in [2.75, 3.05) is 6.61 Å². The number of ether oxygens (including phenoxy) is 1. The summed E-state index contributed by atoms with van der Waals surface area (Å²) in [5.74, 6) is 0. The van der Waals surface area contributed by atoms with Gasteiger partial charge in [-0.3, -0.25) is 0 Å². The SMILES string of the molecule is OC[C@@H]1CC[C@H](c2cnc(Cl)c3[nH]cnc23)O1. The van der Waals surface area contributed by atoms with Gasteiger partial charge in [0.15, 0.2) is 5.15 Å². The van der Waals surface area contributed by atoms with Crippen molar-refractivity contribution in [1.29, 1.82) is 0 Å². The van der Waals surface area contributed by atoms with Crippen LogP contribution in [0.15, 0.2) is 12.5 Å². The highest BCUT2D eigenvalue weighted by molar-refractivity contribution is 6.33. The fourth-order valence-electron chi connectivity index (χ4n) is 2.23. The van der Waals surface area contributed by atoms with E-state index in [-0.39, 0.29) is 18.8 Å². The van der Waals surface area contributed by atoms with Gasteiger partial charge in [-0.05, 0) is 12.8 Å². The summed E-state index contributed by atoms with van der Waals surface area (Å²) in [5.41, 5.74) is 2.47. The van der Waals surface area contributed by atoms with Crippen molar-refractivity contribution < 1.29 is 9.84 Å². The van der Waals surface area contributed by atoms with Crippen molar-refractivity contribution in [3.63, 3.8) is 0 Å². The van der Waals surface area contributed by atoms with Crippen LogP contribution in [0.1, 0.15) is 24.5 Å². The quantitative estimate of drug-likeness (QED) is 0.801. The summed E-state index contributed by atoms with van der Waals surface area (Å²) >= 11 is 5.97. The molecule has 1 saturated heterocycles. The van der Waals surface area contributed by atoms with Crippen LogP contribution in [-0.2, 0) is 4.74 Å². The minimum atomic E-state index is -0.0790. The predicted octanol–water partition coefficient (Wildman–Crippen LogP) is 1.82. The third kappa shape index (κ3) is 1.80. The molecule has 3 rings (SSSR count). The molecule has 0 bridgehead atoms. The number of fused-ring (bicyclic) bond motifs is 1. The number of hydrogen-bond donors (Lipinski definition) is 2. The molecule has 0 aliphatic carbocycles. The number of nitrogens with one attached hydrogen (secondary N) is 1. The van der Waals surface area contributed by atoms with E-state index in [1.165, 1.54) is 0 Å². The summed E-state index contributed by atoms with van der Waals surface area (Å²) < 4.78 is 5.73. The molecule has 17 heavy (non-hydrogen) atoms. The van der Waals surface area contributed by atoms with Crippen molar-refractivity contribution in [1.82, 2.24) is 15.0 Å². The zero-order valence-electron chi connectivity index (χ0n) is 9.06. The lowest BCUT2D eigenvalue weighted by atomic mass is 10.1. The summed E-state index contributed by atoms with van der Waals surface area (Å²) in [6.07, 6.45) is 4.90. The lowest BCUT2D eigenvalue weighted by Gasteiger charge is -2.12. The summed E-state index contributed by atoms with van der Waals surface area (Å²) in [5, 5.41) is 9.48. The highest BCUT2D eigenvalue weighted by atomic mass is 35.5. The molecular weight excluding hydrogens is 242 g/mol. The molecule has 6 heteroatoms. The molecule has 5 nitrogen and oxygen atoms in total. The number of hydrogen-bond acceptors (Lipinski definition) is 4. The first-order valence-electron chi connectivity index (χ1n) is 5.53. The number of nitrogens with zero attached hydrogens (tertiary/aromatic N) is 2. The number of aliphatic hydroxyl groups excluding tert-OH is 1. The zero-order valence-corrected chi connectivity index (χ0v) is 9.81. The molecule has 2 N–H and O–H groups in total. The predicted molar refractivity (Wildman–Crippen MR) is 62.8 cm³/mol. The number of aliphatic hydroxyl groups is 1. The largest absolute Gasteiger partial charge is 0.394 e. The Hall–Kier alpha value is -1.17. The molecule has 0 aromatic carbocycles. The van der Waals surface area contributed by atoms with Crippen LogP contribution >= 0.6 is 11.6 Å². The number of pyridine rings is 1. The van der Waals surface area contributed by atoms with Gasteiger partial charge in [0, 0.05) is 11.8 Å². The molecule has 0 saturated carbocycles. The van der Waals surface area contributed by atoms with Crippen molar-refractivity contribution in [3.8, 4) is 0 Å². The number of halogens is 1. The van der Waals surface area contributed by atoms with E-state index in [1.807, 2.05) is 0 Å². The third-order valence-corrected chi connectivity index (χ3v) is 3.38. The van der Waals surface area contributed by atoms with E-state index in [0.29, 0.717) is 5.15 Å². The first-order valence-corrected chi connectivity index (χ1v) is 5.91. The van der Waals surface area contributed by atoms with Gasteiger partial charge in [0.25, 0.3) is 0 Å². The van der Waals surface area contributed by atoms with E-state index in [4.69, 9.17) is 21.4 Å². The summed E-state index contributed by atoms with van der Waals surface area (Å²) in [6.45, 7) is 0.0568. The van der Waals surface area contributed by atoms with Crippen LogP contribution in [0.25, 0.3) is 11.0 Å². The van der Waals surface area contributed by atoms with E-state index >= 15 is 0 Å². The molecule has 0 amide bonds. The Balaban J connectivity index is 2.01. The molecule has 0 unspecified atom stereocenters. The Morgan fingerprint density at radius 3 is 3.12 bits per heavy atom. The van der Waals surface area contributed by atoms with Crippen molar-refractivity contribution >= 4 is 22.6 Å². The lowest BCUT2D eigenvalue weighted by molar-refractivity contribution is 0.0114. The monoisotopic (exact) mass is 253 g/mol. The Kier molecular flexibility index (Phi) is 2.74. The summed E-state index contributed by atoms with van der Waals surface area (Å²) in [6, 6.07) is 0. The first-order chi connectivity index (χ1) is 8.29. The van der Waals surface area contributed by atoms with E-state index in [2.05, 4.69) is 15.0 Å². The van der Waals surface area contributed by atoms with Crippen LogP contribution in [0.2, 0.25) is 5.15 Å². The van der Waals surface area contributed by atoms with Crippen LogP contribution in [0.4, 0.5) is 0 Å². The Labute approximate surface area is 103 Å². The Morgan fingerprint density at radius 2 is 2.35 bits per heavy atom. The van der Waals surface area contributed by atoms with Gasteiger partial charge in [0.2, 0.25) is 0 Å². The number of aromatic amines is 1. The topological polar surface area (TPSA) is 71.0 Å². The Bertz CT molecular complexity index is 542. The van der Waals surface area contributed by atoms with Gasteiger partial charge in [-0.25, -0.2) is 9.97 Å². The van der Waals surface area contributed by atoms with Gasteiger partial charge in [0.05, 0.1) is 30.7 Å². The lowest BCUT2D eigenvalue weighted by Crippen LogP contribution is -2.11. The van der Waals surface area contributed by atoms with Gasteiger partial charge < -0.3 is 14.8 Å². The number of imidazole rings is 1. The molecule has 0 spiro atoms. The van der Waals surface area contributed by atoms with Crippen molar-refractivity contribution in [2.24, 2.45) is 0 Å². The van der Waals surface area contributed by atoms with Gasteiger partial charge in [0.1, 0.15) is 5.52 Å². The molecule has 1 fully saturated rings. The van der Waals surface area contributed by atoms with Crippen LogP contribution in [0, 0.1) is 0 Å². The normalized spacial score (nSPS) is 24.6. The summed E-state index contributed by atoms with van der Waals surface area (Å²) in [7, 11) is 0. The second kappa shape index (κ2) is 4.25. The standard InChI is InChI=1S/C11H12ClN3O2/c12-11-10-9(14-5-15-10)7(3-13-11)8-2-1-6(4-16)17-8/h3,5-6,8,16H,1-2,4H2,(H,14,15)/t6-,8+/m0/s1. The fraction of sp³-hybridized carbons (Fsp3) is 0.455. The smallest absolute Gasteiger partial charge is 0.154 e. The van der Waals surface area contributed by atoms with E-state index in [9.17, 15) is 0 Å². The second-order valence-corrected chi connectivity index (χ2v) is 4.50.